The van der Waals surface area contributed by atoms with Crippen molar-refractivity contribution in [3.63, 3.8) is 0 Å². The van der Waals surface area contributed by atoms with Gasteiger partial charge in [0.25, 0.3) is 0 Å². The van der Waals surface area contributed by atoms with Crippen LogP contribution >= 0.6 is 0 Å². The van der Waals surface area contributed by atoms with Gasteiger partial charge in [0.05, 0.1) is 12.9 Å². The number of piperidine rings is 1. The zero-order valence-corrected chi connectivity index (χ0v) is 11.6. The molecule has 0 bridgehead atoms. The number of hydrogen-bond acceptors (Lipinski definition) is 3. The lowest BCUT2D eigenvalue weighted by molar-refractivity contribution is 0.318. The van der Waals surface area contributed by atoms with E-state index in [0.29, 0.717) is 0 Å². The lowest BCUT2D eigenvalue weighted by Gasteiger charge is -2.34. The first kappa shape index (κ1) is 12.4. The summed E-state index contributed by atoms with van der Waals surface area (Å²) in [6, 6.07) is 0. The van der Waals surface area contributed by atoms with E-state index < -0.39 is 0 Å². The average molecular weight is 259 g/mol. The van der Waals surface area contributed by atoms with Crippen molar-refractivity contribution >= 4 is 0 Å². The van der Waals surface area contributed by atoms with E-state index in [1.54, 1.807) is 0 Å². The molecule has 5 heteroatoms. The summed E-state index contributed by atoms with van der Waals surface area (Å²) in [7, 11) is 2.03. The van der Waals surface area contributed by atoms with Crippen LogP contribution in [0.5, 0.6) is 0 Å². The zero-order valence-electron chi connectivity index (χ0n) is 11.6. The van der Waals surface area contributed by atoms with Gasteiger partial charge in [-0.05, 0) is 25.9 Å². The maximum absolute atomic E-state index is 4.40. The molecule has 3 heterocycles. The molecule has 0 aliphatic carbocycles. The number of aryl methyl sites for hydroxylation is 1. The molecule has 0 atom stereocenters. The van der Waals surface area contributed by atoms with Gasteiger partial charge in [-0.15, -0.1) is 0 Å². The average Bonchev–Trinajstić information content (AvgIpc) is 3.01. The highest BCUT2D eigenvalue weighted by Gasteiger charge is 2.31. The van der Waals surface area contributed by atoms with Crippen LogP contribution in [-0.4, -0.2) is 32.2 Å². The smallest absolute Gasteiger partial charge is 0.128 e. The number of aromatic nitrogens is 4. The second kappa shape index (κ2) is 4.81. The first-order chi connectivity index (χ1) is 9.19. The Morgan fingerprint density at radius 2 is 2.16 bits per heavy atom. The molecule has 0 spiro atoms. The minimum absolute atomic E-state index is 0.229. The Balaban J connectivity index is 1.88. The van der Waals surface area contributed by atoms with Gasteiger partial charge in [0.2, 0.25) is 0 Å². The zero-order chi connectivity index (χ0) is 13.3. The van der Waals surface area contributed by atoms with Crippen LogP contribution in [0.1, 0.15) is 31.3 Å². The Hall–Kier alpha value is -1.62. The Morgan fingerprint density at radius 1 is 1.37 bits per heavy atom. The van der Waals surface area contributed by atoms with Crippen molar-refractivity contribution in [3.05, 3.63) is 36.4 Å². The second-order valence-corrected chi connectivity index (χ2v) is 5.67. The molecule has 1 fully saturated rings. The van der Waals surface area contributed by atoms with Crippen molar-refractivity contribution in [2.75, 3.05) is 13.1 Å². The van der Waals surface area contributed by atoms with Gasteiger partial charge in [-0.2, -0.15) is 0 Å². The van der Waals surface area contributed by atoms with Crippen LogP contribution in [0.2, 0.25) is 0 Å². The van der Waals surface area contributed by atoms with Gasteiger partial charge < -0.3 is 14.5 Å². The van der Waals surface area contributed by atoms with Gasteiger partial charge in [-0.1, -0.05) is 6.92 Å². The molecular weight excluding hydrogens is 238 g/mol. The lowest BCUT2D eigenvalue weighted by Crippen LogP contribution is -2.39. The predicted molar refractivity (Wildman–Crippen MR) is 74.0 cm³/mol. The van der Waals surface area contributed by atoms with Crippen molar-refractivity contribution < 1.29 is 0 Å². The van der Waals surface area contributed by atoms with Crippen LogP contribution in [0.15, 0.2) is 24.9 Å². The summed E-state index contributed by atoms with van der Waals surface area (Å²) >= 11 is 0. The van der Waals surface area contributed by atoms with E-state index in [4.69, 9.17) is 0 Å². The van der Waals surface area contributed by atoms with Gasteiger partial charge in [0.15, 0.2) is 0 Å². The van der Waals surface area contributed by atoms with Crippen LogP contribution in [0, 0.1) is 0 Å². The standard InChI is InChI=1S/C14H21N5/c1-14(3-5-15-6-4-14)12-9-16-11-19(12)10-13-17-7-8-18(13)2/h7-9,11,15H,3-6,10H2,1-2H3. The van der Waals surface area contributed by atoms with E-state index in [-0.39, 0.29) is 5.41 Å². The molecule has 102 valence electrons. The molecule has 0 unspecified atom stereocenters. The molecule has 1 aliphatic heterocycles. The Morgan fingerprint density at radius 3 is 2.84 bits per heavy atom. The topological polar surface area (TPSA) is 47.7 Å². The summed E-state index contributed by atoms with van der Waals surface area (Å²) in [6.45, 7) is 5.32. The number of imidazole rings is 2. The third-order valence-corrected chi connectivity index (χ3v) is 4.27. The van der Waals surface area contributed by atoms with Crippen LogP contribution in [0.3, 0.4) is 0 Å². The normalized spacial score (nSPS) is 18.6. The Bertz CT molecular complexity index is 548. The van der Waals surface area contributed by atoms with Crippen molar-refractivity contribution in [3.8, 4) is 0 Å². The van der Waals surface area contributed by atoms with Gasteiger partial charge in [-0.3, -0.25) is 0 Å². The number of nitrogens with one attached hydrogen (secondary N) is 1. The molecule has 3 rings (SSSR count). The fraction of sp³-hybridized carbons (Fsp3) is 0.571. The lowest BCUT2D eigenvalue weighted by atomic mass is 9.78. The number of rotatable bonds is 3. The summed E-state index contributed by atoms with van der Waals surface area (Å²) < 4.78 is 4.31. The van der Waals surface area contributed by atoms with Crippen molar-refractivity contribution in [1.82, 2.24) is 24.4 Å². The second-order valence-electron chi connectivity index (χ2n) is 5.67. The fourth-order valence-electron chi connectivity index (χ4n) is 2.89. The van der Waals surface area contributed by atoms with E-state index in [1.807, 2.05) is 32.0 Å². The first-order valence-corrected chi connectivity index (χ1v) is 6.87. The molecule has 2 aromatic rings. The van der Waals surface area contributed by atoms with Crippen LogP contribution in [-0.2, 0) is 19.0 Å². The summed E-state index contributed by atoms with van der Waals surface area (Å²) in [5.41, 5.74) is 1.56. The number of hydrogen-bond donors (Lipinski definition) is 1. The maximum atomic E-state index is 4.40. The van der Waals surface area contributed by atoms with Crippen LogP contribution in [0.25, 0.3) is 0 Å². The quantitative estimate of drug-likeness (QED) is 0.904. The maximum Gasteiger partial charge on any atom is 0.128 e. The highest BCUT2D eigenvalue weighted by molar-refractivity contribution is 5.16. The minimum Gasteiger partial charge on any atom is -0.337 e. The molecular formula is C14H21N5. The SMILES string of the molecule is Cn1ccnc1Cn1cncc1C1(C)CCNCC1. The van der Waals surface area contributed by atoms with Gasteiger partial charge in [-0.25, -0.2) is 9.97 Å². The highest BCUT2D eigenvalue weighted by Crippen LogP contribution is 2.32. The van der Waals surface area contributed by atoms with Crippen molar-refractivity contribution in [2.45, 2.75) is 31.7 Å². The molecule has 19 heavy (non-hydrogen) atoms. The number of nitrogens with zero attached hydrogens (tertiary/aromatic N) is 4. The molecule has 1 N–H and O–H groups in total. The summed E-state index contributed by atoms with van der Waals surface area (Å²) in [4.78, 5) is 8.76. The predicted octanol–water partition coefficient (Wildman–Crippen LogP) is 1.31. The third kappa shape index (κ3) is 2.30. The summed E-state index contributed by atoms with van der Waals surface area (Å²) in [5, 5.41) is 3.43. The molecule has 1 saturated heterocycles. The van der Waals surface area contributed by atoms with E-state index in [0.717, 1.165) is 25.5 Å². The summed E-state index contributed by atoms with van der Waals surface area (Å²) in [5.74, 6) is 1.07. The van der Waals surface area contributed by atoms with Gasteiger partial charge in [0, 0.05) is 36.7 Å². The fourth-order valence-corrected chi connectivity index (χ4v) is 2.89. The van der Waals surface area contributed by atoms with E-state index in [1.165, 1.54) is 18.5 Å². The molecule has 1 aliphatic rings. The molecule has 2 aromatic heterocycles. The first-order valence-electron chi connectivity index (χ1n) is 6.87. The van der Waals surface area contributed by atoms with Gasteiger partial charge in [0.1, 0.15) is 5.82 Å². The van der Waals surface area contributed by atoms with E-state index in [2.05, 4.69) is 31.3 Å². The van der Waals surface area contributed by atoms with Crippen molar-refractivity contribution in [1.29, 1.82) is 0 Å². The molecule has 0 saturated carbocycles. The molecule has 0 aromatic carbocycles. The highest BCUT2D eigenvalue weighted by atomic mass is 15.1. The monoisotopic (exact) mass is 259 g/mol. The van der Waals surface area contributed by atoms with Gasteiger partial charge >= 0.3 is 0 Å². The molecule has 0 radical (unpaired) electrons. The molecule has 5 nitrogen and oxygen atoms in total. The Labute approximate surface area is 113 Å². The van der Waals surface area contributed by atoms with E-state index >= 15 is 0 Å². The Kier molecular flexibility index (Phi) is 3.14. The third-order valence-electron chi connectivity index (χ3n) is 4.27. The van der Waals surface area contributed by atoms with Crippen LogP contribution < -0.4 is 5.32 Å². The van der Waals surface area contributed by atoms with Crippen molar-refractivity contribution in [2.24, 2.45) is 7.05 Å². The summed E-state index contributed by atoms with van der Waals surface area (Å²) in [6.07, 6.45) is 10.1. The molecule has 0 amide bonds. The van der Waals surface area contributed by atoms with Crippen LogP contribution in [0.4, 0.5) is 0 Å². The van der Waals surface area contributed by atoms with E-state index in [9.17, 15) is 0 Å². The minimum atomic E-state index is 0.229. The largest absolute Gasteiger partial charge is 0.337 e.